The minimum absolute atomic E-state index is 0.121. The number of ether oxygens (including phenoxy) is 2. The first-order valence-corrected chi connectivity index (χ1v) is 5.71. The topological polar surface area (TPSA) is 61.5 Å². The van der Waals surface area contributed by atoms with Gasteiger partial charge >= 0.3 is 5.97 Å². The van der Waals surface area contributed by atoms with Crippen LogP contribution in [0.25, 0.3) is 0 Å². The summed E-state index contributed by atoms with van der Waals surface area (Å²) in [4.78, 5) is 11.6. The molecule has 5 heteroatoms. The summed E-state index contributed by atoms with van der Waals surface area (Å²) < 4.78 is 10.3. The third kappa shape index (κ3) is 5.06. The average Bonchev–Trinajstić information content (AvgIpc) is 2.22. The number of rotatable bonds is 5. The van der Waals surface area contributed by atoms with Crippen molar-refractivity contribution in [2.24, 2.45) is 0 Å². The fourth-order valence-electron chi connectivity index (χ4n) is 1.23. The van der Waals surface area contributed by atoms with Crippen molar-refractivity contribution in [2.45, 2.75) is 20.0 Å². The third-order valence-electron chi connectivity index (χ3n) is 1.92. The minimum Gasteiger partial charge on any atom is -0.460 e. The maximum Gasteiger partial charge on any atom is 0.338 e. The van der Waals surface area contributed by atoms with E-state index in [0.717, 1.165) is 0 Å². The number of carbonyl (C=O) groups excluding carboxylic acids is 1. The smallest absolute Gasteiger partial charge is 0.338 e. The molecule has 0 aromatic heterocycles. The lowest BCUT2D eigenvalue weighted by atomic mass is 10.2. The van der Waals surface area contributed by atoms with Crippen molar-refractivity contribution in [1.29, 1.82) is 0 Å². The molecule has 17 heavy (non-hydrogen) atoms. The first kappa shape index (κ1) is 13.8. The maximum absolute atomic E-state index is 11.6. The van der Waals surface area contributed by atoms with E-state index in [-0.39, 0.29) is 12.7 Å². The second-order valence-electron chi connectivity index (χ2n) is 3.83. The minimum atomic E-state index is -0.452. The number of esters is 1. The number of halogens is 1. The van der Waals surface area contributed by atoms with E-state index in [1.807, 2.05) is 13.8 Å². The van der Waals surface area contributed by atoms with Crippen molar-refractivity contribution in [3.8, 4) is 0 Å². The zero-order valence-corrected chi connectivity index (χ0v) is 10.7. The first-order valence-electron chi connectivity index (χ1n) is 5.34. The molecule has 0 spiro atoms. The van der Waals surface area contributed by atoms with Crippen LogP contribution in [0.5, 0.6) is 0 Å². The van der Waals surface area contributed by atoms with Crippen LogP contribution in [0.15, 0.2) is 18.2 Å². The number of nitrogen functional groups attached to an aromatic ring is 1. The predicted molar refractivity (Wildman–Crippen MR) is 67.2 cm³/mol. The van der Waals surface area contributed by atoms with Crippen molar-refractivity contribution in [2.75, 3.05) is 18.9 Å². The Balaban J connectivity index is 2.47. The zero-order valence-electron chi connectivity index (χ0n) is 9.90. The normalized spacial score (nSPS) is 10.6. The lowest BCUT2D eigenvalue weighted by Gasteiger charge is -2.08. The third-order valence-corrected chi connectivity index (χ3v) is 2.14. The van der Waals surface area contributed by atoms with Crippen LogP contribution >= 0.6 is 11.6 Å². The Morgan fingerprint density at radius 1 is 1.35 bits per heavy atom. The van der Waals surface area contributed by atoms with E-state index in [2.05, 4.69) is 0 Å². The predicted octanol–water partition coefficient (Wildman–Crippen LogP) is 2.50. The molecule has 0 saturated carbocycles. The van der Waals surface area contributed by atoms with Crippen molar-refractivity contribution in [3.05, 3.63) is 28.8 Å². The molecular weight excluding hydrogens is 242 g/mol. The molecule has 0 bridgehead atoms. The summed E-state index contributed by atoms with van der Waals surface area (Å²) in [5, 5.41) is 0.412. The number of hydrogen-bond acceptors (Lipinski definition) is 4. The standard InChI is InChI=1S/C12H16ClNO3/c1-8(2)16-3-4-17-12(15)9-5-10(13)7-11(14)6-9/h5-8H,3-4,14H2,1-2H3. The molecule has 0 aliphatic rings. The van der Waals surface area contributed by atoms with Crippen molar-refractivity contribution in [3.63, 3.8) is 0 Å². The SMILES string of the molecule is CC(C)OCCOC(=O)c1cc(N)cc(Cl)c1. The van der Waals surface area contributed by atoms with Gasteiger partial charge in [-0.3, -0.25) is 0 Å². The molecule has 1 aromatic carbocycles. The van der Waals surface area contributed by atoms with Gasteiger partial charge in [0.2, 0.25) is 0 Å². The van der Waals surface area contributed by atoms with E-state index in [0.29, 0.717) is 22.9 Å². The summed E-state index contributed by atoms with van der Waals surface area (Å²) in [5.41, 5.74) is 6.35. The maximum atomic E-state index is 11.6. The average molecular weight is 258 g/mol. The van der Waals surface area contributed by atoms with E-state index in [9.17, 15) is 4.79 Å². The number of anilines is 1. The van der Waals surface area contributed by atoms with Gasteiger partial charge in [-0.15, -0.1) is 0 Å². The molecule has 0 saturated heterocycles. The lowest BCUT2D eigenvalue weighted by Crippen LogP contribution is -2.13. The summed E-state index contributed by atoms with van der Waals surface area (Å²) >= 11 is 5.78. The van der Waals surface area contributed by atoms with Crippen LogP contribution in [0, 0.1) is 0 Å². The van der Waals surface area contributed by atoms with E-state index >= 15 is 0 Å². The van der Waals surface area contributed by atoms with E-state index in [1.165, 1.54) is 12.1 Å². The number of hydrogen-bond donors (Lipinski definition) is 1. The van der Waals surface area contributed by atoms with Gasteiger partial charge < -0.3 is 15.2 Å². The van der Waals surface area contributed by atoms with E-state index in [1.54, 1.807) is 6.07 Å². The molecule has 0 atom stereocenters. The zero-order chi connectivity index (χ0) is 12.8. The van der Waals surface area contributed by atoms with Gasteiger partial charge in [0.25, 0.3) is 0 Å². The van der Waals surface area contributed by atoms with Gasteiger partial charge in [-0.1, -0.05) is 11.6 Å². The van der Waals surface area contributed by atoms with Gasteiger partial charge in [0.05, 0.1) is 18.3 Å². The molecule has 0 aliphatic heterocycles. The van der Waals surface area contributed by atoms with Gasteiger partial charge in [0.1, 0.15) is 6.61 Å². The molecule has 94 valence electrons. The Morgan fingerprint density at radius 2 is 2.06 bits per heavy atom. The number of benzene rings is 1. The van der Waals surface area contributed by atoms with Gasteiger partial charge in [-0.2, -0.15) is 0 Å². The van der Waals surface area contributed by atoms with Crippen LogP contribution in [0.2, 0.25) is 5.02 Å². The van der Waals surface area contributed by atoms with Crippen LogP contribution in [0.3, 0.4) is 0 Å². The van der Waals surface area contributed by atoms with E-state index < -0.39 is 5.97 Å². The van der Waals surface area contributed by atoms with Gasteiger partial charge in [-0.05, 0) is 32.0 Å². The second kappa shape index (κ2) is 6.47. The molecule has 1 rings (SSSR count). The molecule has 0 radical (unpaired) electrons. The highest BCUT2D eigenvalue weighted by molar-refractivity contribution is 6.31. The molecule has 0 heterocycles. The summed E-state index contributed by atoms with van der Waals surface area (Å²) in [6.45, 7) is 4.42. The highest BCUT2D eigenvalue weighted by Gasteiger charge is 2.08. The summed E-state index contributed by atoms with van der Waals surface area (Å²) in [6, 6.07) is 4.61. The Hall–Kier alpha value is -1.26. The van der Waals surface area contributed by atoms with Gasteiger partial charge in [0.15, 0.2) is 0 Å². The Kier molecular flexibility index (Phi) is 5.25. The second-order valence-corrected chi connectivity index (χ2v) is 4.27. The largest absolute Gasteiger partial charge is 0.460 e. The van der Waals surface area contributed by atoms with Gasteiger partial charge in [-0.25, -0.2) is 4.79 Å². The number of nitrogens with two attached hydrogens (primary N) is 1. The quantitative estimate of drug-likeness (QED) is 0.500. The van der Waals surface area contributed by atoms with Crippen molar-refractivity contribution >= 4 is 23.3 Å². The Morgan fingerprint density at radius 3 is 2.65 bits per heavy atom. The summed E-state index contributed by atoms with van der Waals surface area (Å²) in [6.07, 6.45) is 0.121. The summed E-state index contributed by atoms with van der Waals surface area (Å²) in [5.74, 6) is -0.452. The molecule has 0 unspecified atom stereocenters. The Labute approximate surface area is 106 Å². The fourth-order valence-corrected chi connectivity index (χ4v) is 1.48. The van der Waals surface area contributed by atoms with Crippen LogP contribution in [-0.2, 0) is 9.47 Å². The lowest BCUT2D eigenvalue weighted by molar-refractivity contribution is 0.0177. The highest BCUT2D eigenvalue weighted by Crippen LogP contribution is 2.17. The summed E-state index contributed by atoms with van der Waals surface area (Å²) in [7, 11) is 0. The number of carbonyl (C=O) groups is 1. The molecule has 4 nitrogen and oxygen atoms in total. The van der Waals surface area contributed by atoms with E-state index in [4.69, 9.17) is 26.8 Å². The van der Waals surface area contributed by atoms with Crippen LogP contribution in [-0.4, -0.2) is 25.3 Å². The molecule has 1 aromatic rings. The molecule has 0 fully saturated rings. The highest BCUT2D eigenvalue weighted by atomic mass is 35.5. The van der Waals surface area contributed by atoms with Crippen LogP contribution in [0.1, 0.15) is 24.2 Å². The van der Waals surface area contributed by atoms with Crippen molar-refractivity contribution in [1.82, 2.24) is 0 Å². The first-order chi connectivity index (χ1) is 7.99. The fraction of sp³-hybridized carbons (Fsp3) is 0.417. The van der Waals surface area contributed by atoms with Crippen LogP contribution in [0.4, 0.5) is 5.69 Å². The Bertz CT molecular complexity index is 373. The van der Waals surface area contributed by atoms with Crippen LogP contribution < -0.4 is 5.73 Å². The van der Waals surface area contributed by atoms with Crippen molar-refractivity contribution < 1.29 is 14.3 Å². The monoisotopic (exact) mass is 257 g/mol. The molecular formula is C12H16ClNO3. The molecule has 0 aliphatic carbocycles. The van der Waals surface area contributed by atoms with Gasteiger partial charge in [0, 0.05) is 10.7 Å². The molecule has 0 amide bonds. The molecule has 2 N–H and O–H groups in total.